The van der Waals surface area contributed by atoms with Crippen molar-refractivity contribution in [3.8, 4) is 11.5 Å². The van der Waals surface area contributed by atoms with Gasteiger partial charge in [-0.3, -0.25) is 0 Å². The van der Waals surface area contributed by atoms with Crippen molar-refractivity contribution in [2.75, 3.05) is 26.3 Å². The zero-order valence-corrected chi connectivity index (χ0v) is 15.2. The number of hydrogen-bond donors (Lipinski definition) is 1. The maximum absolute atomic E-state index is 5.69. The summed E-state index contributed by atoms with van der Waals surface area (Å²) in [5, 5.41) is 3.52. The smallest absolute Gasteiger partial charge is 0.119 e. The van der Waals surface area contributed by atoms with E-state index < -0.39 is 0 Å². The van der Waals surface area contributed by atoms with Gasteiger partial charge in [0.05, 0.1) is 13.2 Å². The Morgan fingerprint density at radius 3 is 1.40 bits per heavy atom. The standard InChI is InChI=1S/C22H31NO2/c1-5-13-21(14-6-1)24-19-11-3-9-17-23-18-10-4-12-20-25-22-15-7-2-8-16-22/h1-2,5-8,13-16,23H,3-4,9-12,17-20H2. The highest BCUT2D eigenvalue weighted by molar-refractivity contribution is 5.21. The van der Waals surface area contributed by atoms with Gasteiger partial charge in [0.2, 0.25) is 0 Å². The lowest BCUT2D eigenvalue weighted by Gasteiger charge is -2.07. The quantitative estimate of drug-likeness (QED) is 0.486. The first-order chi connectivity index (χ1) is 12.4. The van der Waals surface area contributed by atoms with Gasteiger partial charge in [0.1, 0.15) is 11.5 Å². The minimum Gasteiger partial charge on any atom is -0.494 e. The zero-order chi connectivity index (χ0) is 17.4. The van der Waals surface area contributed by atoms with Crippen molar-refractivity contribution in [3.05, 3.63) is 60.7 Å². The number of unbranched alkanes of at least 4 members (excludes halogenated alkanes) is 4. The van der Waals surface area contributed by atoms with Gasteiger partial charge >= 0.3 is 0 Å². The van der Waals surface area contributed by atoms with Crippen molar-refractivity contribution in [1.82, 2.24) is 5.32 Å². The van der Waals surface area contributed by atoms with E-state index in [0.29, 0.717) is 0 Å². The van der Waals surface area contributed by atoms with Crippen LogP contribution in [-0.2, 0) is 0 Å². The van der Waals surface area contributed by atoms with Gasteiger partial charge in [-0.2, -0.15) is 0 Å². The molecule has 25 heavy (non-hydrogen) atoms. The minimum atomic E-state index is 0.811. The highest BCUT2D eigenvalue weighted by Gasteiger charge is 1.95. The second kappa shape index (κ2) is 13.3. The van der Waals surface area contributed by atoms with E-state index in [1.54, 1.807) is 0 Å². The maximum atomic E-state index is 5.69. The molecule has 0 saturated carbocycles. The molecule has 136 valence electrons. The molecule has 0 spiro atoms. The molecule has 0 aromatic heterocycles. The Labute approximate surface area is 152 Å². The molecule has 2 rings (SSSR count). The molecule has 0 aliphatic carbocycles. The molecule has 0 aliphatic rings. The van der Waals surface area contributed by atoms with E-state index in [4.69, 9.17) is 9.47 Å². The Morgan fingerprint density at radius 2 is 0.960 bits per heavy atom. The number of rotatable bonds is 14. The molecular formula is C22H31NO2. The molecule has 0 atom stereocenters. The van der Waals surface area contributed by atoms with E-state index in [0.717, 1.165) is 50.6 Å². The van der Waals surface area contributed by atoms with Crippen LogP contribution < -0.4 is 14.8 Å². The monoisotopic (exact) mass is 341 g/mol. The Bertz CT molecular complexity index is 481. The molecule has 3 heteroatoms. The highest BCUT2D eigenvalue weighted by atomic mass is 16.5. The Hall–Kier alpha value is -2.00. The first-order valence-corrected chi connectivity index (χ1v) is 9.51. The number of benzene rings is 2. The molecule has 0 radical (unpaired) electrons. The topological polar surface area (TPSA) is 30.5 Å². The second-order valence-corrected chi connectivity index (χ2v) is 6.19. The van der Waals surface area contributed by atoms with Gasteiger partial charge in [0, 0.05) is 0 Å². The minimum absolute atomic E-state index is 0.811. The van der Waals surface area contributed by atoms with Crippen molar-refractivity contribution in [1.29, 1.82) is 0 Å². The lowest BCUT2D eigenvalue weighted by atomic mass is 10.2. The number of para-hydroxylation sites is 2. The first kappa shape index (κ1) is 19.3. The third-order valence-corrected chi connectivity index (χ3v) is 4.02. The molecule has 3 nitrogen and oxygen atoms in total. The average molecular weight is 341 g/mol. The molecule has 0 saturated heterocycles. The van der Waals surface area contributed by atoms with Crippen LogP contribution in [0.25, 0.3) is 0 Å². The highest BCUT2D eigenvalue weighted by Crippen LogP contribution is 2.10. The summed E-state index contributed by atoms with van der Waals surface area (Å²) in [5.41, 5.74) is 0. The van der Waals surface area contributed by atoms with Gasteiger partial charge < -0.3 is 14.8 Å². The van der Waals surface area contributed by atoms with Crippen molar-refractivity contribution < 1.29 is 9.47 Å². The molecule has 0 heterocycles. The molecule has 0 unspecified atom stereocenters. The summed E-state index contributed by atoms with van der Waals surface area (Å²) in [6.07, 6.45) is 7.10. The van der Waals surface area contributed by atoms with Gasteiger partial charge in [-0.25, -0.2) is 0 Å². The SMILES string of the molecule is c1ccc(OCCCCCNCCCCCOc2ccccc2)cc1. The summed E-state index contributed by atoms with van der Waals surface area (Å²) in [7, 11) is 0. The number of nitrogens with one attached hydrogen (secondary N) is 1. The third-order valence-electron chi connectivity index (χ3n) is 4.02. The molecule has 2 aromatic carbocycles. The normalized spacial score (nSPS) is 10.6. The van der Waals surface area contributed by atoms with Crippen molar-refractivity contribution in [2.45, 2.75) is 38.5 Å². The van der Waals surface area contributed by atoms with Gasteiger partial charge in [-0.05, 0) is 75.9 Å². The summed E-state index contributed by atoms with van der Waals surface area (Å²) in [6.45, 7) is 3.83. The van der Waals surface area contributed by atoms with E-state index in [2.05, 4.69) is 5.32 Å². The van der Waals surface area contributed by atoms with Crippen LogP contribution in [0.2, 0.25) is 0 Å². The van der Waals surface area contributed by atoms with Crippen LogP contribution in [0.1, 0.15) is 38.5 Å². The number of hydrogen-bond acceptors (Lipinski definition) is 3. The van der Waals surface area contributed by atoms with Crippen molar-refractivity contribution >= 4 is 0 Å². The first-order valence-electron chi connectivity index (χ1n) is 9.51. The van der Waals surface area contributed by atoms with Crippen LogP contribution in [0.15, 0.2) is 60.7 Å². The predicted octanol–water partition coefficient (Wildman–Crippen LogP) is 5.07. The van der Waals surface area contributed by atoms with Gasteiger partial charge in [-0.15, -0.1) is 0 Å². The van der Waals surface area contributed by atoms with Crippen molar-refractivity contribution in [2.24, 2.45) is 0 Å². The fourth-order valence-corrected chi connectivity index (χ4v) is 2.60. The predicted molar refractivity (Wildman–Crippen MR) is 104 cm³/mol. The van der Waals surface area contributed by atoms with E-state index >= 15 is 0 Å². The zero-order valence-electron chi connectivity index (χ0n) is 15.2. The lowest BCUT2D eigenvalue weighted by Crippen LogP contribution is -2.17. The lowest BCUT2D eigenvalue weighted by molar-refractivity contribution is 0.303. The van der Waals surface area contributed by atoms with Crippen molar-refractivity contribution in [3.63, 3.8) is 0 Å². The summed E-state index contributed by atoms with van der Waals surface area (Å²) in [6, 6.07) is 20.1. The average Bonchev–Trinajstić information content (AvgIpc) is 2.67. The van der Waals surface area contributed by atoms with Crippen LogP contribution in [-0.4, -0.2) is 26.3 Å². The van der Waals surface area contributed by atoms with Crippen LogP contribution in [0, 0.1) is 0 Å². The van der Waals surface area contributed by atoms with Gasteiger partial charge in [-0.1, -0.05) is 36.4 Å². The summed E-state index contributed by atoms with van der Waals surface area (Å²) in [4.78, 5) is 0. The molecular weight excluding hydrogens is 310 g/mol. The van der Waals surface area contributed by atoms with Crippen LogP contribution >= 0.6 is 0 Å². The van der Waals surface area contributed by atoms with Crippen LogP contribution in [0.3, 0.4) is 0 Å². The van der Waals surface area contributed by atoms with Crippen LogP contribution in [0.5, 0.6) is 11.5 Å². The maximum Gasteiger partial charge on any atom is 0.119 e. The van der Waals surface area contributed by atoms with E-state index in [1.807, 2.05) is 60.7 Å². The van der Waals surface area contributed by atoms with E-state index in [9.17, 15) is 0 Å². The molecule has 0 amide bonds. The Morgan fingerprint density at radius 1 is 0.520 bits per heavy atom. The molecule has 0 fully saturated rings. The molecule has 0 aliphatic heterocycles. The van der Waals surface area contributed by atoms with Gasteiger partial charge in [0.15, 0.2) is 0 Å². The van der Waals surface area contributed by atoms with E-state index in [1.165, 1.54) is 25.7 Å². The van der Waals surface area contributed by atoms with Crippen LogP contribution in [0.4, 0.5) is 0 Å². The molecule has 2 aromatic rings. The fourth-order valence-electron chi connectivity index (χ4n) is 2.60. The Balaban J connectivity index is 1.30. The van der Waals surface area contributed by atoms with Gasteiger partial charge in [0.25, 0.3) is 0 Å². The third kappa shape index (κ3) is 9.78. The Kier molecular flexibility index (Phi) is 10.3. The summed E-state index contributed by atoms with van der Waals surface area (Å²) < 4.78 is 11.4. The van der Waals surface area contributed by atoms with E-state index in [-0.39, 0.29) is 0 Å². The summed E-state index contributed by atoms with van der Waals surface area (Å²) >= 11 is 0. The number of ether oxygens (including phenoxy) is 2. The largest absolute Gasteiger partial charge is 0.494 e. The molecule has 0 bridgehead atoms. The fraction of sp³-hybridized carbons (Fsp3) is 0.455. The summed E-state index contributed by atoms with van der Waals surface area (Å²) in [5.74, 6) is 1.94. The second-order valence-electron chi connectivity index (χ2n) is 6.19. The molecule has 1 N–H and O–H groups in total.